The van der Waals surface area contributed by atoms with Gasteiger partial charge in [0.15, 0.2) is 0 Å². The molecule has 1 N–H and O–H groups in total. The van der Waals surface area contributed by atoms with Crippen LogP contribution < -0.4 is 5.32 Å². The molecule has 124 valence electrons. The summed E-state index contributed by atoms with van der Waals surface area (Å²) in [6.07, 6.45) is 3.43. The van der Waals surface area contributed by atoms with Gasteiger partial charge in [0, 0.05) is 24.0 Å². The fourth-order valence-corrected chi connectivity index (χ4v) is 2.89. The Bertz CT molecular complexity index is 853. The first-order valence-corrected chi connectivity index (χ1v) is 8.39. The van der Waals surface area contributed by atoms with Crippen LogP contribution in [0.3, 0.4) is 0 Å². The van der Waals surface area contributed by atoms with Gasteiger partial charge in [0.2, 0.25) is 5.91 Å². The van der Waals surface area contributed by atoms with E-state index in [4.69, 9.17) is 0 Å². The Morgan fingerprint density at radius 1 is 1.25 bits per heavy atom. The van der Waals surface area contributed by atoms with Crippen LogP contribution in [0.1, 0.15) is 17.0 Å². The van der Waals surface area contributed by atoms with Gasteiger partial charge in [0.05, 0.1) is 22.1 Å². The van der Waals surface area contributed by atoms with E-state index in [9.17, 15) is 4.79 Å². The van der Waals surface area contributed by atoms with Crippen molar-refractivity contribution in [3.8, 4) is 5.69 Å². The summed E-state index contributed by atoms with van der Waals surface area (Å²) in [4.78, 5) is 12.1. The number of para-hydroxylation sites is 1. The molecule has 2 heterocycles. The molecular weight excluding hydrogens is 370 g/mol. The summed E-state index contributed by atoms with van der Waals surface area (Å²) in [5.41, 5.74) is 3.99. The molecule has 0 radical (unpaired) electrons. The molecule has 7 heteroatoms. The van der Waals surface area contributed by atoms with E-state index >= 15 is 0 Å². The van der Waals surface area contributed by atoms with Crippen molar-refractivity contribution in [1.82, 2.24) is 24.9 Å². The zero-order chi connectivity index (χ0) is 17.1. The fraction of sp³-hybridized carbons (Fsp3) is 0.235. The van der Waals surface area contributed by atoms with Crippen LogP contribution in [-0.2, 0) is 17.9 Å². The summed E-state index contributed by atoms with van der Waals surface area (Å²) < 4.78 is 4.35. The summed E-state index contributed by atoms with van der Waals surface area (Å²) in [6, 6.07) is 9.96. The lowest BCUT2D eigenvalue weighted by Gasteiger charge is -2.07. The van der Waals surface area contributed by atoms with Crippen LogP contribution in [-0.4, -0.2) is 25.5 Å². The molecule has 0 aliphatic carbocycles. The van der Waals surface area contributed by atoms with Crippen LogP contribution in [0.15, 0.2) is 47.2 Å². The normalized spacial score (nSPS) is 10.8. The van der Waals surface area contributed by atoms with Crippen LogP contribution in [0.2, 0.25) is 0 Å². The van der Waals surface area contributed by atoms with Crippen molar-refractivity contribution in [2.75, 3.05) is 0 Å². The Balaban J connectivity index is 1.69. The number of nitrogens with one attached hydrogen (secondary N) is 1. The summed E-state index contributed by atoms with van der Waals surface area (Å²) in [6.45, 7) is 4.61. The van der Waals surface area contributed by atoms with E-state index in [-0.39, 0.29) is 12.5 Å². The minimum Gasteiger partial charge on any atom is -0.350 e. The van der Waals surface area contributed by atoms with Gasteiger partial charge in [0.1, 0.15) is 6.54 Å². The van der Waals surface area contributed by atoms with E-state index in [1.165, 1.54) is 0 Å². The molecule has 0 aliphatic heterocycles. The van der Waals surface area contributed by atoms with Gasteiger partial charge in [-0.2, -0.15) is 10.2 Å². The summed E-state index contributed by atoms with van der Waals surface area (Å²) in [7, 11) is 0. The van der Waals surface area contributed by atoms with Crippen LogP contribution in [0.25, 0.3) is 5.69 Å². The molecule has 0 bridgehead atoms. The highest BCUT2D eigenvalue weighted by molar-refractivity contribution is 9.10. The zero-order valence-electron chi connectivity index (χ0n) is 13.5. The number of halogens is 1. The third-order valence-corrected chi connectivity index (χ3v) is 4.22. The lowest BCUT2D eigenvalue weighted by molar-refractivity contribution is -0.122. The van der Waals surface area contributed by atoms with E-state index in [1.807, 2.05) is 48.9 Å². The van der Waals surface area contributed by atoms with Crippen LogP contribution >= 0.6 is 15.9 Å². The number of aromatic nitrogens is 4. The molecule has 0 fully saturated rings. The molecule has 0 unspecified atom stereocenters. The number of nitrogens with zero attached hydrogens (tertiary/aromatic N) is 4. The zero-order valence-corrected chi connectivity index (χ0v) is 15.1. The minimum atomic E-state index is -0.0862. The molecule has 1 aromatic carbocycles. The molecule has 0 saturated heterocycles. The standard InChI is InChI=1S/C17H18BrN5O/c1-12-16(9-19-17(24)11-22-10-14(18)8-20-22)13(2)23(21-12)15-6-4-3-5-7-15/h3-8,10H,9,11H2,1-2H3,(H,19,24). The van der Waals surface area contributed by atoms with E-state index in [0.717, 1.165) is 27.1 Å². The van der Waals surface area contributed by atoms with Gasteiger partial charge in [-0.05, 0) is 41.9 Å². The van der Waals surface area contributed by atoms with Gasteiger partial charge in [-0.1, -0.05) is 18.2 Å². The number of hydrogen-bond donors (Lipinski definition) is 1. The highest BCUT2D eigenvalue weighted by Gasteiger charge is 2.13. The first-order chi connectivity index (χ1) is 11.5. The van der Waals surface area contributed by atoms with Crippen LogP contribution in [0.4, 0.5) is 0 Å². The summed E-state index contributed by atoms with van der Waals surface area (Å²) >= 11 is 3.32. The number of aryl methyl sites for hydroxylation is 1. The molecule has 0 spiro atoms. The Labute approximate surface area is 148 Å². The van der Waals surface area contributed by atoms with Crippen molar-refractivity contribution < 1.29 is 4.79 Å². The Morgan fingerprint density at radius 3 is 2.67 bits per heavy atom. The predicted molar refractivity (Wildman–Crippen MR) is 94.8 cm³/mol. The van der Waals surface area contributed by atoms with Crippen molar-refractivity contribution in [3.63, 3.8) is 0 Å². The van der Waals surface area contributed by atoms with Gasteiger partial charge in [0.25, 0.3) is 0 Å². The summed E-state index contributed by atoms with van der Waals surface area (Å²) in [5, 5.41) is 11.6. The highest BCUT2D eigenvalue weighted by Crippen LogP contribution is 2.17. The first-order valence-electron chi connectivity index (χ1n) is 7.60. The Hall–Kier alpha value is -2.41. The number of amides is 1. The number of benzene rings is 1. The van der Waals surface area contributed by atoms with Crippen molar-refractivity contribution in [1.29, 1.82) is 0 Å². The average molecular weight is 388 g/mol. The SMILES string of the molecule is Cc1nn(-c2ccccc2)c(C)c1CNC(=O)Cn1cc(Br)cn1. The number of hydrogen-bond acceptors (Lipinski definition) is 3. The van der Waals surface area contributed by atoms with Crippen LogP contribution in [0.5, 0.6) is 0 Å². The maximum absolute atomic E-state index is 12.1. The Morgan fingerprint density at radius 2 is 2.00 bits per heavy atom. The minimum absolute atomic E-state index is 0.0862. The lowest BCUT2D eigenvalue weighted by atomic mass is 10.2. The molecule has 3 rings (SSSR count). The predicted octanol–water partition coefficient (Wildman–Crippen LogP) is 2.76. The Kier molecular flexibility index (Phi) is 4.80. The molecule has 0 saturated carbocycles. The second-order valence-corrected chi connectivity index (χ2v) is 6.45. The second-order valence-electron chi connectivity index (χ2n) is 5.53. The summed E-state index contributed by atoms with van der Waals surface area (Å²) in [5.74, 6) is -0.0862. The molecule has 0 aliphatic rings. The molecule has 24 heavy (non-hydrogen) atoms. The second kappa shape index (κ2) is 7.00. The topological polar surface area (TPSA) is 64.7 Å². The molecule has 1 amide bonds. The first kappa shape index (κ1) is 16.4. The van der Waals surface area contributed by atoms with Crippen molar-refractivity contribution in [2.24, 2.45) is 0 Å². The quantitative estimate of drug-likeness (QED) is 0.731. The van der Waals surface area contributed by atoms with Crippen molar-refractivity contribution >= 4 is 21.8 Å². The third kappa shape index (κ3) is 3.56. The van der Waals surface area contributed by atoms with E-state index in [2.05, 4.69) is 31.4 Å². The van der Waals surface area contributed by atoms with Gasteiger partial charge < -0.3 is 5.32 Å². The van der Waals surface area contributed by atoms with Gasteiger partial charge in [-0.15, -0.1) is 0 Å². The van der Waals surface area contributed by atoms with E-state index in [1.54, 1.807) is 17.1 Å². The van der Waals surface area contributed by atoms with Gasteiger partial charge in [-0.3, -0.25) is 9.48 Å². The van der Waals surface area contributed by atoms with Gasteiger partial charge in [-0.25, -0.2) is 4.68 Å². The molecular formula is C17H18BrN5O. The number of carbonyl (C=O) groups excluding carboxylic acids is 1. The molecule has 0 atom stereocenters. The van der Waals surface area contributed by atoms with Gasteiger partial charge >= 0.3 is 0 Å². The van der Waals surface area contributed by atoms with E-state index < -0.39 is 0 Å². The highest BCUT2D eigenvalue weighted by atomic mass is 79.9. The molecule has 6 nitrogen and oxygen atoms in total. The van der Waals surface area contributed by atoms with Crippen molar-refractivity contribution in [3.05, 3.63) is 64.1 Å². The number of carbonyl (C=O) groups is 1. The third-order valence-electron chi connectivity index (χ3n) is 3.81. The monoisotopic (exact) mass is 387 g/mol. The average Bonchev–Trinajstić information content (AvgIpc) is 3.10. The van der Waals surface area contributed by atoms with Crippen molar-refractivity contribution in [2.45, 2.75) is 26.9 Å². The smallest absolute Gasteiger partial charge is 0.242 e. The fourth-order valence-electron chi connectivity index (χ4n) is 2.57. The molecule has 2 aromatic heterocycles. The van der Waals surface area contributed by atoms with Crippen LogP contribution in [0, 0.1) is 13.8 Å². The number of rotatable bonds is 5. The maximum atomic E-state index is 12.1. The van der Waals surface area contributed by atoms with E-state index in [0.29, 0.717) is 6.54 Å². The lowest BCUT2D eigenvalue weighted by Crippen LogP contribution is -2.27. The maximum Gasteiger partial charge on any atom is 0.242 e. The largest absolute Gasteiger partial charge is 0.350 e. The molecule has 3 aromatic rings.